The quantitative estimate of drug-likeness (QED) is 0.355. The number of amides is 1. The summed E-state index contributed by atoms with van der Waals surface area (Å²) < 4.78 is 0.250. The molecule has 1 heterocycles. The van der Waals surface area contributed by atoms with Gasteiger partial charge in [-0.1, -0.05) is 25.0 Å². The lowest BCUT2D eigenvalue weighted by molar-refractivity contribution is -0.119. The molecule has 5 nitrogen and oxygen atoms in total. The van der Waals surface area contributed by atoms with E-state index in [0.29, 0.717) is 6.54 Å². The monoisotopic (exact) mass is 516 g/mol. The van der Waals surface area contributed by atoms with Crippen LogP contribution in [0.1, 0.15) is 45.1 Å². The van der Waals surface area contributed by atoms with Gasteiger partial charge in [0.1, 0.15) is 0 Å². The average molecular weight is 516 g/mol. The Kier molecular flexibility index (Phi) is 8.92. The summed E-state index contributed by atoms with van der Waals surface area (Å²) in [6, 6.07) is 8.12. The van der Waals surface area contributed by atoms with Gasteiger partial charge in [-0.2, -0.15) is 11.8 Å². The Bertz CT molecular complexity index is 689. The number of halogens is 1. The normalized spacial score (nSPS) is 19.8. The third kappa shape index (κ3) is 6.54. The summed E-state index contributed by atoms with van der Waals surface area (Å²) in [5.74, 6) is 2.42. The molecule has 0 spiro atoms. The first-order valence-corrected chi connectivity index (χ1v) is 10.9. The van der Waals surface area contributed by atoms with Crippen LogP contribution in [0.3, 0.4) is 0 Å². The number of nitrogens with one attached hydrogen (secondary N) is 2. The van der Waals surface area contributed by atoms with Crippen LogP contribution in [-0.4, -0.2) is 47.4 Å². The smallest absolute Gasteiger partial charge is 0.227 e. The molecular weight excluding hydrogens is 483 g/mol. The molecule has 28 heavy (non-hydrogen) atoms. The Labute approximate surface area is 190 Å². The van der Waals surface area contributed by atoms with Crippen molar-refractivity contribution < 1.29 is 4.79 Å². The molecule has 1 aromatic carbocycles. The van der Waals surface area contributed by atoms with Crippen molar-refractivity contribution in [3.8, 4) is 0 Å². The molecule has 0 radical (unpaired) electrons. The molecule has 1 amide bonds. The summed E-state index contributed by atoms with van der Waals surface area (Å²) in [6.45, 7) is 7.28. The summed E-state index contributed by atoms with van der Waals surface area (Å²) in [7, 11) is 1.84. The third-order valence-corrected chi connectivity index (χ3v) is 6.61. The van der Waals surface area contributed by atoms with E-state index in [1.165, 1.54) is 12.8 Å². The minimum absolute atomic E-state index is 0. The van der Waals surface area contributed by atoms with Gasteiger partial charge < -0.3 is 15.5 Å². The van der Waals surface area contributed by atoms with E-state index in [0.717, 1.165) is 48.9 Å². The highest BCUT2D eigenvalue weighted by molar-refractivity contribution is 14.0. The van der Waals surface area contributed by atoms with Crippen LogP contribution in [0, 0.1) is 5.92 Å². The molecular formula is C21H33IN4OS. The number of guanidine groups is 1. The second kappa shape index (κ2) is 10.7. The maximum absolute atomic E-state index is 12.4. The van der Waals surface area contributed by atoms with Crippen LogP contribution in [0.5, 0.6) is 0 Å². The highest BCUT2D eigenvalue weighted by Gasteiger charge is 2.28. The number of aliphatic imine (C=N–C) groups is 1. The number of carbonyl (C=O) groups excluding carboxylic acids is 1. The van der Waals surface area contributed by atoms with Crippen molar-refractivity contribution in [2.24, 2.45) is 10.9 Å². The van der Waals surface area contributed by atoms with Crippen LogP contribution >= 0.6 is 35.7 Å². The van der Waals surface area contributed by atoms with E-state index in [4.69, 9.17) is 0 Å². The number of thioether (sulfide) groups is 1. The minimum atomic E-state index is 0. The Morgan fingerprint density at radius 1 is 1.32 bits per heavy atom. The number of rotatable bonds is 4. The first kappa shape index (κ1) is 23.3. The van der Waals surface area contributed by atoms with Gasteiger partial charge in [0.2, 0.25) is 5.91 Å². The first-order chi connectivity index (χ1) is 13.0. The lowest BCUT2D eigenvalue weighted by atomic mass is 10.1. The molecule has 1 aliphatic carbocycles. The molecule has 1 saturated carbocycles. The predicted octanol–water partition coefficient (Wildman–Crippen LogP) is 4.34. The number of anilines is 1. The van der Waals surface area contributed by atoms with Crippen molar-refractivity contribution in [3.63, 3.8) is 0 Å². The predicted molar refractivity (Wildman–Crippen MR) is 131 cm³/mol. The van der Waals surface area contributed by atoms with Gasteiger partial charge in [-0.15, -0.1) is 24.0 Å². The van der Waals surface area contributed by atoms with Gasteiger partial charge in [0.05, 0.1) is 0 Å². The van der Waals surface area contributed by atoms with E-state index in [1.807, 2.05) is 30.9 Å². The van der Waals surface area contributed by atoms with Crippen LogP contribution in [0.25, 0.3) is 0 Å². The maximum Gasteiger partial charge on any atom is 0.227 e. The Hall–Kier alpha value is -0.960. The fraction of sp³-hybridized carbons (Fsp3) is 0.619. The zero-order valence-corrected chi connectivity index (χ0v) is 20.3. The zero-order chi connectivity index (χ0) is 19.3. The van der Waals surface area contributed by atoms with Crippen molar-refractivity contribution in [2.45, 2.75) is 50.8 Å². The third-order valence-electron chi connectivity index (χ3n) is 5.31. The number of carbonyl (C=O) groups is 1. The van der Waals surface area contributed by atoms with Gasteiger partial charge >= 0.3 is 0 Å². The molecule has 0 bridgehead atoms. The van der Waals surface area contributed by atoms with Crippen LogP contribution in [0.2, 0.25) is 0 Å². The maximum atomic E-state index is 12.4. The van der Waals surface area contributed by atoms with Crippen LogP contribution in [-0.2, 0) is 11.3 Å². The number of nitrogens with zero attached hydrogens (tertiary/aromatic N) is 2. The highest BCUT2D eigenvalue weighted by atomic mass is 127. The summed E-state index contributed by atoms with van der Waals surface area (Å²) in [5.41, 5.74) is 2.03. The number of hydrogen-bond donors (Lipinski definition) is 2. The van der Waals surface area contributed by atoms with Crippen LogP contribution in [0.15, 0.2) is 29.3 Å². The largest absolute Gasteiger partial charge is 0.352 e. The lowest BCUT2D eigenvalue weighted by Gasteiger charge is -2.39. The Morgan fingerprint density at radius 3 is 2.75 bits per heavy atom. The molecule has 0 aromatic heterocycles. The van der Waals surface area contributed by atoms with E-state index < -0.39 is 0 Å². The zero-order valence-electron chi connectivity index (χ0n) is 17.2. The minimum Gasteiger partial charge on any atom is -0.352 e. The van der Waals surface area contributed by atoms with Crippen molar-refractivity contribution in [2.75, 3.05) is 31.2 Å². The fourth-order valence-electron chi connectivity index (χ4n) is 3.90. The van der Waals surface area contributed by atoms with Gasteiger partial charge in [-0.05, 0) is 44.4 Å². The Morgan fingerprint density at radius 2 is 2.07 bits per heavy atom. The van der Waals surface area contributed by atoms with Gasteiger partial charge in [-0.3, -0.25) is 9.79 Å². The number of hydrogen-bond acceptors (Lipinski definition) is 3. The van der Waals surface area contributed by atoms with E-state index in [-0.39, 0.29) is 40.5 Å². The van der Waals surface area contributed by atoms with Gasteiger partial charge in [0, 0.05) is 48.8 Å². The van der Waals surface area contributed by atoms with Gasteiger partial charge in [0.25, 0.3) is 0 Å². The molecule has 1 aliphatic heterocycles. The molecule has 2 aliphatic rings. The molecule has 0 atom stereocenters. The van der Waals surface area contributed by atoms with E-state index >= 15 is 0 Å². The van der Waals surface area contributed by atoms with E-state index in [1.54, 1.807) is 0 Å². The molecule has 0 unspecified atom stereocenters. The molecule has 1 saturated heterocycles. The summed E-state index contributed by atoms with van der Waals surface area (Å²) in [5, 5.41) is 6.57. The SMILES string of the molecule is CN=C(NCc1cccc(NC(=O)C2CCCC2)c1)N1CCSC(C)(C)C1.I. The highest BCUT2D eigenvalue weighted by Crippen LogP contribution is 2.29. The van der Waals surface area contributed by atoms with Gasteiger partial charge in [-0.25, -0.2) is 0 Å². The summed E-state index contributed by atoms with van der Waals surface area (Å²) in [6.07, 6.45) is 4.39. The first-order valence-electron chi connectivity index (χ1n) is 9.96. The van der Waals surface area contributed by atoms with Crippen LogP contribution < -0.4 is 10.6 Å². The molecule has 7 heteroatoms. The van der Waals surface area contributed by atoms with Gasteiger partial charge in [0.15, 0.2) is 5.96 Å². The lowest BCUT2D eigenvalue weighted by Crippen LogP contribution is -2.50. The van der Waals surface area contributed by atoms with E-state index in [9.17, 15) is 4.79 Å². The van der Waals surface area contributed by atoms with Crippen molar-refractivity contribution in [3.05, 3.63) is 29.8 Å². The summed E-state index contributed by atoms with van der Waals surface area (Å²) in [4.78, 5) is 19.2. The standard InChI is InChI=1S/C21H32N4OS.HI/c1-21(2)15-25(11-12-27-21)20(22-3)23-14-16-7-6-10-18(13-16)24-19(26)17-8-4-5-9-17;/h6-7,10,13,17H,4-5,8-9,11-12,14-15H2,1-3H3,(H,22,23)(H,24,26);1H. The molecule has 2 N–H and O–H groups in total. The second-order valence-corrected chi connectivity index (χ2v) is 9.90. The molecule has 1 aromatic rings. The van der Waals surface area contributed by atoms with E-state index in [2.05, 4.69) is 46.5 Å². The summed E-state index contributed by atoms with van der Waals surface area (Å²) >= 11 is 2.02. The average Bonchev–Trinajstić information content (AvgIpc) is 3.17. The van der Waals surface area contributed by atoms with Crippen LogP contribution in [0.4, 0.5) is 5.69 Å². The fourth-order valence-corrected chi connectivity index (χ4v) is 5.01. The van der Waals surface area contributed by atoms with Crippen molar-refractivity contribution in [1.82, 2.24) is 10.2 Å². The molecule has 156 valence electrons. The van der Waals surface area contributed by atoms with Crippen molar-refractivity contribution >= 4 is 53.3 Å². The number of benzene rings is 1. The van der Waals surface area contributed by atoms with Crippen molar-refractivity contribution in [1.29, 1.82) is 0 Å². The Balaban J connectivity index is 0.00000280. The molecule has 2 fully saturated rings. The second-order valence-electron chi connectivity index (χ2n) is 8.10. The topological polar surface area (TPSA) is 56.7 Å². The molecule has 3 rings (SSSR count).